The molecule has 0 bridgehead atoms. The van der Waals surface area contributed by atoms with E-state index in [0.29, 0.717) is 17.5 Å². The first kappa shape index (κ1) is 18.2. The molecule has 0 radical (unpaired) electrons. The first-order valence-corrected chi connectivity index (χ1v) is 8.15. The van der Waals surface area contributed by atoms with E-state index in [2.05, 4.69) is 20.4 Å². The first-order chi connectivity index (χ1) is 11.5. The van der Waals surface area contributed by atoms with Crippen LogP contribution < -0.4 is 5.32 Å². The summed E-state index contributed by atoms with van der Waals surface area (Å²) in [6.07, 6.45) is 0.844. The summed E-state index contributed by atoms with van der Waals surface area (Å²) in [7, 11) is 3.77. The van der Waals surface area contributed by atoms with Crippen LogP contribution in [0, 0.1) is 0 Å². The summed E-state index contributed by atoms with van der Waals surface area (Å²) in [6, 6.07) is 7.13. The molecule has 1 heterocycles. The molecule has 0 aliphatic heterocycles. The Hall–Kier alpha value is -2.12. The quantitative estimate of drug-likeness (QED) is 0.611. The number of aliphatic hydroxyl groups excluding tert-OH is 1. The van der Waals surface area contributed by atoms with Crippen molar-refractivity contribution in [2.45, 2.75) is 19.6 Å². The van der Waals surface area contributed by atoms with Crippen LogP contribution in [0.5, 0.6) is 0 Å². The van der Waals surface area contributed by atoms with E-state index in [1.54, 1.807) is 28.9 Å². The molecule has 2 N–H and O–H groups in total. The second-order valence-corrected chi connectivity index (χ2v) is 5.85. The lowest BCUT2D eigenvalue weighted by Gasteiger charge is -2.22. The topological polar surface area (TPSA) is 78.6 Å². The minimum Gasteiger partial charge on any atom is -0.386 e. The predicted molar refractivity (Wildman–Crippen MR) is 94.9 cm³/mol. The molecule has 24 heavy (non-hydrogen) atoms. The highest BCUT2D eigenvalue weighted by Gasteiger charge is 2.12. The molecule has 1 aromatic carbocycles. The number of aromatic nitrogens is 3. The summed E-state index contributed by atoms with van der Waals surface area (Å²) >= 11 is 5.87. The maximum atomic E-state index is 10.3. The number of nitrogens with one attached hydrogen (secondary N) is 1. The van der Waals surface area contributed by atoms with E-state index in [9.17, 15) is 5.11 Å². The van der Waals surface area contributed by atoms with Gasteiger partial charge in [0.25, 0.3) is 0 Å². The van der Waals surface area contributed by atoms with Gasteiger partial charge in [-0.25, -0.2) is 4.98 Å². The minimum atomic E-state index is -0.681. The van der Waals surface area contributed by atoms with Crippen LogP contribution in [0.15, 0.2) is 35.6 Å². The number of benzene rings is 1. The van der Waals surface area contributed by atoms with Gasteiger partial charge in [0.15, 0.2) is 5.96 Å². The van der Waals surface area contributed by atoms with Gasteiger partial charge in [0, 0.05) is 25.7 Å². The number of aryl methyl sites for hydroxylation is 1. The van der Waals surface area contributed by atoms with Crippen molar-refractivity contribution in [2.75, 3.05) is 20.1 Å². The van der Waals surface area contributed by atoms with Crippen molar-refractivity contribution < 1.29 is 5.11 Å². The van der Waals surface area contributed by atoms with Gasteiger partial charge in [-0.2, -0.15) is 5.10 Å². The number of halogens is 1. The minimum absolute atomic E-state index is 0.257. The molecular formula is C16H23ClN6O. The summed E-state index contributed by atoms with van der Waals surface area (Å²) < 4.78 is 1.72. The van der Waals surface area contributed by atoms with Gasteiger partial charge in [0.1, 0.15) is 12.2 Å². The molecule has 0 amide bonds. The van der Waals surface area contributed by atoms with E-state index in [0.717, 1.165) is 17.9 Å². The molecule has 0 saturated heterocycles. The summed E-state index contributed by atoms with van der Waals surface area (Å²) in [5, 5.41) is 18.2. The second kappa shape index (κ2) is 8.65. The number of guanidine groups is 1. The monoisotopic (exact) mass is 350 g/mol. The number of hydrogen-bond donors (Lipinski definition) is 2. The second-order valence-electron chi connectivity index (χ2n) is 5.42. The Balaban J connectivity index is 2.03. The zero-order valence-electron chi connectivity index (χ0n) is 14.1. The number of aliphatic hydroxyl groups is 1. The number of aliphatic imine (C=N–C) groups is 1. The van der Waals surface area contributed by atoms with E-state index < -0.39 is 6.10 Å². The lowest BCUT2D eigenvalue weighted by molar-refractivity contribution is 0.186. The Kier molecular flexibility index (Phi) is 6.57. The largest absolute Gasteiger partial charge is 0.386 e. The van der Waals surface area contributed by atoms with Gasteiger partial charge in [0.2, 0.25) is 0 Å². The number of hydrogen-bond acceptors (Lipinski definition) is 4. The normalized spacial score (nSPS) is 13.0. The highest BCUT2D eigenvalue weighted by molar-refractivity contribution is 6.30. The molecule has 0 aliphatic rings. The van der Waals surface area contributed by atoms with Gasteiger partial charge in [-0.3, -0.25) is 9.67 Å². The smallest absolute Gasteiger partial charge is 0.194 e. The maximum absolute atomic E-state index is 10.3. The van der Waals surface area contributed by atoms with Gasteiger partial charge in [-0.1, -0.05) is 23.7 Å². The van der Waals surface area contributed by atoms with Gasteiger partial charge in [-0.15, -0.1) is 0 Å². The van der Waals surface area contributed by atoms with Crippen LogP contribution in [0.1, 0.15) is 24.4 Å². The van der Waals surface area contributed by atoms with E-state index in [1.807, 2.05) is 25.9 Å². The third-order valence-electron chi connectivity index (χ3n) is 3.55. The van der Waals surface area contributed by atoms with Crippen molar-refractivity contribution in [1.82, 2.24) is 25.0 Å². The zero-order valence-corrected chi connectivity index (χ0v) is 14.9. The third kappa shape index (κ3) is 4.94. The molecule has 2 rings (SSSR count). The van der Waals surface area contributed by atoms with E-state index in [-0.39, 0.29) is 6.54 Å². The molecule has 8 heteroatoms. The van der Waals surface area contributed by atoms with E-state index in [1.165, 1.54) is 6.33 Å². The predicted octanol–water partition coefficient (Wildman–Crippen LogP) is 1.60. The van der Waals surface area contributed by atoms with Crippen molar-refractivity contribution in [3.05, 3.63) is 47.0 Å². The van der Waals surface area contributed by atoms with Crippen molar-refractivity contribution in [3.8, 4) is 0 Å². The maximum Gasteiger partial charge on any atom is 0.194 e. The molecule has 0 fully saturated rings. The molecule has 7 nitrogen and oxygen atoms in total. The fourth-order valence-corrected chi connectivity index (χ4v) is 2.31. The van der Waals surface area contributed by atoms with Crippen molar-refractivity contribution in [2.24, 2.45) is 12.0 Å². The number of rotatable bonds is 6. The highest BCUT2D eigenvalue weighted by atomic mass is 35.5. The molecule has 0 spiro atoms. The number of nitrogens with zero attached hydrogens (tertiary/aromatic N) is 5. The van der Waals surface area contributed by atoms with Crippen LogP contribution in [0.4, 0.5) is 0 Å². The van der Waals surface area contributed by atoms with Crippen molar-refractivity contribution in [1.29, 1.82) is 0 Å². The fourth-order valence-electron chi connectivity index (χ4n) is 2.18. The Morgan fingerprint density at radius 2 is 2.12 bits per heavy atom. The summed E-state index contributed by atoms with van der Waals surface area (Å²) in [5.74, 6) is 1.54. The Morgan fingerprint density at radius 1 is 1.42 bits per heavy atom. The molecule has 2 aromatic rings. The highest BCUT2D eigenvalue weighted by Crippen LogP contribution is 2.16. The van der Waals surface area contributed by atoms with Crippen LogP contribution in [0.2, 0.25) is 5.02 Å². The van der Waals surface area contributed by atoms with Crippen LogP contribution in [0.25, 0.3) is 0 Å². The lowest BCUT2D eigenvalue weighted by Crippen LogP contribution is -2.39. The Bertz CT molecular complexity index is 669. The first-order valence-electron chi connectivity index (χ1n) is 7.77. The van der Waals surface area contributed by atoms with Crippen LogP contribution in [-0.2, 0) is 13.6 Å². The summed E-state index contributed by atoms with van der Waals surface area (Å²) in [6.45, 7) is 3.56. The molecule has 130 valence electrons. The van der Waals surface area contributed by atoms with Crippen molar-refractivity contribution >= 4 is 17.6 Å². The van der Waals surface area contributed by atoms with E-state index in [4.69, 9.17) is 11.6 Å². The van der Waals surface area contributed by atoms with Gasteiger partial charge >= 0.3 is 0 Å². The average molecular weight is 351 g/mol. The summed E-state index contributed by atoms with van der Waals surface area (Å²) in [4.78, 5) is 10.7. The molecule has 1 aromatic heterocycles. The molecular weight excluding hydrogens is 328 g/mol. The van der Waals surface area contributed by atoms with Gasteiger partial charge in [-0.05, 0) is 24.6 Å². The Labute approximate surface area is 147 Å². The summed E-state index contributed by atoms with van der Waals surface area (Å²) in [5.41, 5.74) is 0.787. The standard InChI is InChI=1S/C16H23ClN6O/c1-4-18-16(22(2)10-15-20-11-21-23(15)3)19-9-14(24)12-5-7-13(17)8-6-12/h5-8,11,14,24H,4,9-10H2,1-3H3,(H,18,19). The van der Waals surface area contributed by atoms with Gasteiger partial charge in [0.05, 0.1) is 19.2 Å². The van der Waals surface area contributed by atoms with E-state index >= 15 is 0 Å². The molecule has 0 saturated carbocycles. The third-order valence-corrected chi connectivity index (χ3v) is 3.80. The molecule has 0 aliphatic carbocycles. The van der Waals surface area contributed by atoms with Crippen LogP contribution >= 0.6 is 11.6 Å². The lowest BCUT2D eigenvalue weighted by atomic mass is 10.1. The fraction of sp³-hybridized carbons (Fsp3) is 0.438. The zero-order chi connectivity index (χ0) is 17.5. The average Bonchev–Trinajstić information content (AvgIpc) is 2.96. The van der Waals surface area contributed by atoms with Crippen molar-refractivity contribution in [3.63, 3.8) is 0 Å². The SMILES string of the molecule is CCNC(=NCC(O)c1ccc(Cl)cc1)N(C)Cc1ncnn1C. The molecule has 1 unspecified atom stereocenters. The van der Waals surface area contributed by atoms with Crippen LogP contribution in [0.3, 0.4) is 0 Å². The Morgan fingerprint density at radius 3 is 2.71 bits per heavy atom. The molecule has 1 atom stereocenters. The van der Waals surface area contributed by atoms with Gasteiger partial charge < -0.3 is 15.3 Å². The van der Waals surface area contributed by atoms with Crippen LogP contribution in [-0.4, -0.2) is 50.9 Å².